The lowest BCUT2D eigenvalue weighted by molar-refractivity contribution is -0.386. The SMILES string of the molecule is CCCN1CCC2=NNC(c3cc(OCC)c(O)c([N+](=O)[O-])c3)C2C1. The zero-order valence-corrected chi connectivity index (χ0v) is 14.6. The third-order valence-corrected chi connectivity index (χ3v) is 4.79. The first-order valence-electron chi connectivity index (χ1n) is 8.73. The van der Waals surface area contributed by atoms with Crippen LogP contribution in [0.4, 0.5) is 5.69 Å². The molecule has 1 saturated heterocycles. The van der Waals surface area contributed by atoms with Crippen LogP contribution in [0.5, 0.6) is 11.5 Å². The maximum atomic E-state index is 11.3. The van der Waals surface area contributed by atoms with E-state index in [0.29, 0.717) is 6.61 Å². The number of nitro benzene ring substituents is 1. The van der Waals surface area contributed by atoms with Crippen LogP contribution in [0.2, 0.25) is 0 Å². The van der Waals surface area contributed by atoms with Crippen molar-refractivity contribution in [1.82, 2.24) is 10.3 Å². The monoisotopic (exact) mass is 348 g/mol. The first kappa shape index (κ1) is 17.5. The number of nitrogens with zero attached hydrogens (tertiary/aromatic N) is 3. The van der Waals surface area contributed by atoms with Gasteiger partial charge in [-0.2, -0.15) is 5.10 Å². The van der Waals surface area contributed by atoms with Gasteiger partial charge < -0.3 is 20.2 Å². The second-order valence-electron chi connectivity index (χ2n) is 6.44. The molecule has 0 bridgehead atoms. The molecule has 2 atom stereocenters. The molecule has 0 radical (unpaired) electrons. The molecule has 3 rings (SSSR count). The number of phenols is 1. The van der Waals surface area contributed by atoms with Crippen LogP contribution in [0.25, 0.3) is 0 Å². The minimum atomic E-state index is -0.581. The Morgan fingerprint density at radius 1 is 1.48 bits per heavy atom. The van der Waals surface area contributed by atoms with E-state index in [4.69, 9.17) is 4.74 Å². The molecule has 0 spiro atoms. The van der Waals surface area contributed by atoms with E-state index in [9.17, 15) is 15.2 Å². The van der Waals surface area contributed by atoms with E-state index >= 15 is 0 Å². The predicted octanol–water partition coefficient (Wildman–Crippen LogP) is 2.43. The summed E-state index contributed by atoms with van der Waals surface area (Å²) in [6.07, 6.45) is 2.00. The number of nitrogens with one attached hydrogen (secondary N) is 1. The van der Waals surface area contributed by atoms with E-state index < -0.39 is 10.7 Å². The van der Waals surface area contributed by atoms with Gasteiger partial charge in [0.05, 0.1) is 17.6 Å². The summed E-state index contributed by atoms with van der Waals surface area (Å²) < 4.78 is 5.39. The van der Waals surface area contributed by atoms with Gasteiger partial charge in [-0.3, -0.25) is 10.1 Å². The van der Waals surface area contributed by atoms with Gasteiger partial charge in [0.1, 0.15) is 0 Å². The second-order valence-corrected chi connectivity index (χ2v) is 6.44. The van der Waals surface area contributed by atoms with E-state index in [0.717, 1.165) is 43.8 Å². The first-order chi connectivity index (χ1) is 12.0. The third kappa shape index (κ3) is 3.39. The topological polar surface area (TPSA) is 100 Å². The second kappa shape index (κ2) is 7.26. The number of likely N-dealkylation sites (tertiary alicyclic amines) is 1. The normalized spacial score (nSPS) is 22.9. The van der Waals surface area contributed by atoms with Crippen molar-refractivity contribution >= 4 is 11.4 Å². The lowest BCUT2D eigenvalue weighted by Crippen LogP contribution is -2.42. The van der Waals surface area contributed by atoms with Gasteiger partial charge in [-0.25, -0.2) is 0 Å². The molecule has 1 fully saturated rings. The number of phenolic OH excluding ortho intramolecular Hbond substituents is 1. The van der Waals surface area contributed by atoms with Crippen LogP contribution in [-0.2, 0) is 0 Å². The Hall–Kier alpha value is -2.35. The molecular formula is C17H24N4O4. The predicted molar refractivity (Wildman–Crippen MR) is 94.1 cm³/mol. The summed E-state index contributed by atoms with van der Waals surface area (Å²) in [5, 5.41) is 25.8. The van der Waals surface area contributed by atoms with Gasteiger partial charge in [0.25, 0.3) is 0 Å². The molecule has 2 aliphatic rings. The highest BCUT2D eigenvalue weighted by atomic mass is 16.6. The van der Waals surface area contributed by atoms with Crippen molar-refractivity contribution in [2.45, 2.75) is 32.7 Å². The lowest BCUT2D eigenvalue weighted by atomic mass is 9.86. The van der Waals surface area contributed by atoms with Gasteiger partial charge in [-0.1, -0.05) is 6.92 Å². The van der Waals surface area contributed by atoms with Crippen LogP contribution >= 0.6 is 0 Å². The van der Waals surface area contributed by atoms with Gasteiger partial charge in [0.15, 0.2) is 5.75 Å². The van der Waals surface area contributed by atoms with E-state index in [1.807, 2.05) is 0 Å². The van der Waals surface area contributed by atoms with E-state index in [-0.39, 0.29) is 23.4 Å². The molecule has 0 amide bonds. The van der Waals surface area contributed by atoms with Crippen molar-refractivity contribution in [3.63, 3.8) is 0 Å². The van der Waals surface area contributed by atoms with E-state index in [1.54, 1.807) is 13.0 Å². The molecule has 1 aromatic carbocycles. The lowest BCUT2D eigenvalue weighted by Gasteiger charge is -2.33. The van der Waals surface area contributed by atoms with Gasteiger partial charge in [0.2, 0.25) is 5.75 Å². The van der Waals surface area contributed by atoms with Crippen molar-refractivity contribution in [3.8, 4) is 11.5 Å². The molecule has 0 aliphatic carbocycles. The Balaban J connectivity index is 1.92. The van der Waals surface area contributed by atoms with E-state index in [2.05, 4.69) is 22.4 Å². The molecule has 1 aromatic rings. The summed E-state index contributed by atoms with van der Waals surface area (Å²) in [7, 11) is 0. The van der Waals surface area contributed by atoms with Crippen molar-refractivity contribution in [1.29, 1.82) is 0 Å². The first-order valence-corrected chi connectivity index (χ1v) is 8.73. The summed E-state index contributed by atoms with van der Waals surface area (Å²) in [6, 6.07) is 2.96. The minimum absolute atomic E-state index is 0.142. The van der Waals surface area contributed by atoms with Crippen LogP contribution in [0.15, 0.2) is 17.2 Å². The highest BCUT2D eigenvalue weighted by Crippen LogP contribution is 2.41. The van der Waals surface area contributed by atoms with Crippen LogP contribution in [0, 0.1) is 16.0 Å². The third-order valence-electron chi connectivity index (χ3n) is 4.79. The maximum absolute atomic E-state index is 11.3. The van der Waals surface area contributed by atoms with Gasteiger partial charge in [-0.05, 0) is 31.5 Å². The summed E-state index contributed by atoms with van der Waals surface area (Å²) in [4.78, 5) is 13.1. The van der Waals surface area contributed by atoms with Crippen molar-refractivity contribution in [3.05, 3.63) is 27.8 Å². The number of benzene rings is 1. The molecule has 0 saturated carbocycles. The van der Waals surface area contributed by atoms with Gasteiger partial charge in [-0.15, -0.1) is 0 Å². The fraction of sp³-hybridized carbons (Fsp3) is 0.588. The summed E-state index contributed by atoms with van der Waals surface area (Å²) >= 11 is 0. The maximum Gasteiger partial charge on any atom is 0.315 e. The number of hydrazone groups is 1. The summed E-state index contributed by atoms with van der Waals surface area (Å²) in [6.45, 7) is 7.17. The van der Waals surface area contributed by atoms with Gasteiger partial charge in [0, 0.05) is 37.2 Å². The summed E-state index contributed by atoms with van der Waals surface area (Å²) in [5.41, 5.74) is 4.63. The highest BCUT2D eigenvalue weighted by Gasteiger charge is 2.38. The number of rotatable bonds is 6. The number of fused-ring (bicyclic) bond motifs is 1. The Labute approximate surface area is 146 Å². The van der Waals surface area contributed by atoms with Crippen LogP contribution < -0.4 is 10.2 Å². The quantitative estimate of drug-likeness (QED) is 0.605. The van der Waals surface area contributed by atoms with Crippen LogP contribution in [0.1, 0.15) is 38.3 Å². The molecule has 2 heterocycles. The fourth-order valence-electron chi connectivity index (χ4n) is 3.64. The molecule has 8 heteroatoms. The molecule has 25 heavy (non-hydrogen) atoms. The average molecular weight is 348 g/mol. The number of ether oxygens (including phenoxy) is 1. The Kier molecular flexibility index (Phi) is 5.08. The number of piperidine rings is 1. The molecule has 2 unspecified atom stereocenters. The number of hydrogen-bond donors (Lipinski definition) is 2. The Bertz CT molecular complexity index is 691. The fourth-order valence-corrected chi connectivity index (χ4v) is 3.64. The molecule has 2 N–H and O–H groups in total. The molecular weight excluding hydrogens is 324 g/mol. The standard InChI is InChI=1S/C17H24N4O4/c1-3-6-20-7-5-13-12(10-20)16(19-18-13)11-8-14(21(23)24)17(22)15(9-11)25-4-2/h8-9,12,16,19,22H,3-7,10H2,1-2H3. The van der Waals surface area contributed by atoms with Crippen molar-refractivity contribution < 1.29 is 14.8 Å². The molecule has 2 aliphatic heterocycles. The Morgan fingerprint density at radius 2 is 2.28 bits per heavy atom. The van der Waals surface area contributed by atoms with Gasteiger partial charge >= 0.3 is 5.69 Å². The smallest absolute Gasteiger partial charge is 0.315 e. The molecule has 136 valence electrons. The zero-order valence-electron chi connectivity index (χ0n) is 14.6. The summed E-state index contributed by atoms with van der Waals surface area (Å²) in [5.74, 6) is -0.104. The highest BCUT2D eigenvalue weighted by molar-refractivity contribution is 5.90. The van der Waals surface area contributed by atoms with Crippen LogP contribution in [-0.4, -0.2) is 46.9 Å². The zero-order chi connectivity index (χ0) is 18.0. The molecule has 0 aromatic heterocycles. The largest absolute Gasteiger partial charge is 0.500 e. The minimum Gasteiger partial charge on any atom is -0.500 e. The number of hydrogen-bond acceptors (Lipinski definition) is 7. The van der Waals surface area contributed by atoms with Crippen molar-refractivity contribution in [2.24, 2.45) is 11.0 Å². The van der Waals surface area contributed by atoms with Crippen LogP contribution in [0.3, 0.4) is 0 Å². The average Bonchev–Trinajstić information content (AvgIpc) is 3.00. The number of nitro groups is 1. The molecule has 8 nitrogen and oxygen atoms in total. The number of aromatic hydroxyl groups is 1. The Morgan fingerprint density at radius 3 is 2.96 bits per heavy atom. The van der Waals surface area contributed by atoms with E-state index in [1.165, 1.54) is 6.07 Å². The van der Waals surface area contributed by atoms with Crippen molar-refractivity contribution in [2.75, 3.05) is 26.2 Å².